The lowest BCUT2D eigenvalue weighted by Crippen LogP contribution is -2.08. The number of nitrogens with one attached hydrogen (secondary N) is 1. The van der Waals surface area contributed by atoms with Crippen molar-refractivity contribution in [3.63, 3.8) is 0 Å². The summed E-state index contributed by atoms with van der Waals surface area (Å²) in [4.78, 5) is 14.8. The van der Waals surface area contributed by atoms with E-state index in [1.165, 1.54) is 0 Å². The van der Waals surface area contributed by atoms with Gasteiger partial charge in [0.25, 0.3) is 0 Å². The standard InChI is InChI=1S/C12H9BrN2O2/c13-11-10(15-12(16)17)7-6-9(14-11)8-4-2-1-3-5-8/h1-7,15H,(H,16,17). The number of rotatable bonds is 2. The normalized spacial score (nSPS) is 9.94. The van der Waals surface area contributed by atoms with Gasteiger partial charge in [0.2, 0.25) is 0 Å². The van der Waals surface area contributed by atoms with Gasteiger partial charge in [-0.25, -0.2) is 9.78 Å². The first kappa shape index (κ1) is 11.6. The van der Waals surface area contributed by atoms with Crippen LogP contribution in [-0.2, 0) is 0 Å². The fraction of sp³-hybridized carbons (Fsp3) is 0. The molecule has 0 aliphatic carbocycles. The molecule has 0 bridgehead atoms. The molecule has 1 aromatic carbocycles. The molecule has 0 unspecified atom stereocenters. The number of carboxylic acid groups (broad SMARTS) is 1. The summed E-state index contributed by atoms with van der Waals surface area (Å²) in [7, 11) is 0. The summed E-state index contributed by atoms with van der Waals surface area (Å²) in [6.45, 7) is 0. The Balaban J connectivity index is 2.34. The third-order valence-electron chi connectivity index (χ3n) is 2.16. The Morgan fingerprint density at radius 1 is 1.18 bits per heavy atom. The predicted octanol–water partition coefficient (Wildman–Crippen LogP) is 3.60. The van der Waals surface area contributed by atoms with Crippen molar-refractivity contribution in [1.29, 1.82) is 0 Å². The van der Waals surface area contributed by atoms with Gasteiger partial charge in [-0.15, -0.1) is 0 Å². The average Bonchev–Trinajstić information content (AvgIpc) is 2.32. The summed E-state index contributed by atoms with van der Waals surface area (Å²) in [5, 5.41) is 10.9. The van der Waals surface area contributed by atoms with Crippen molar-refractivity contribution in [2.45, 2.75) is 0 Å². The van der Waals surface area contributed by atoms with Gasteiger partial charge in [0.1, 0.15) is 4.60 Å². The van der Waals surface area contributed by atoms with E-state index in [2.05, 4.69) is 26.2 Å². The van der Waals surface area contributed by atoms with Crippen LogP contribution in [0.15, 0.2) is 47.1 Å². The highest BCUT2D eigenvalue weighted by atomic mass is 79.9. The molecular weight excluding hydrogens is 284 g/mol. The Bertz CT molecular complexity index is 543. The number of halogens is 1. The van der Waals surface area contributed by atoms with E-state index in [0.717, 1.165) is 11.3 Å². The highest BCUT2D eigenvalue weighted by Crippen LogP contribution is 2.25. The number of hydrogen-bond acceptors (Lipinski definition) is 2. The smallest absolute Gasteiger partial charge is 0.409 e. The van der Waals surface area contributed by atoms with Gasteiger partial charge in [-0.2, -0.15) is 0 Å². The van der Waals surface area contributed by atoms with Crippen LogP contribution in [0.25, 0.3) is 11.3 Å². The minimum atomic E-state index is -1.11. The van der Waals surface area contributed by atoms with Crippen LogP contribution < -0.4 is 5.32 Å². The molecule has 0 radical (unpaired) electrons. The second-order valence-electron chi connectivity index (χ2n) is 3.33. The van der Waals surface area contributed by atoms with Gasteiger partial charge in [-0.3, -0.25) is 5.32 Å². The third-order valence-corrected chi connectivity index (χ3v) is 2.76. The first-order chi connectivity index (χ1) is 8.16. The van der Waals surface area contributed by atoms with Crippen LogP contribution in [0, 0.1) is 0 Å². The summed E-state index contributed by atoms with van der Waals surface area (Å²) < 4.78 is 0.473. The van der Waals surface area contributed by atoms with Gasteiger partial charge in [-0.05, 0) is 28.1 Å². The van der Waals surface area contributed by atoms with Crippen LogP contribution in [0.4, 0.5) is 10.5 Å². The van der Waals surface area contributed by atoms with Crippen LogP contribution in [0.2, 0.25) is 0 Å². The summed E-state index contributed by atoms with van der Waals surface area (Å²) in [5.74, 6) is 0. The number of nitrogens with zero attached hydrogens (tertiary/aromatic N) is 1. The number of hydrogen-bond donors (Lipinski definition) is 2. The number of benzene rings is 1. The fourth-order valence-electron chi connectivity index (χ4n) is 1.41. The van der Waals surface area contributed by atoms with Crippen LogP contribution in [0.1, 0.15) is 0 Å². The molecule has 1 amide bonds. The van der Waals surface area contributed by atoms with E-state index in [1.54, 1.807) is 12.1 Å². The number of carbonyl (C=O) groups is 1. The molecule has 0 aliphatic rings. The molecule has 86 valence electrons. The van der Waals surface area contributed by atoms with E-state index in [1.807, 2.05) is 30.3 Å². The Kier molecular flexibility index (Phi) is 3.39. The zero-order chi connectivity index (χ0) is 12.3. The van der Waals surface area contributed by atoms with Gasteiger partial charge >= 0.3 is 6.09 Å². The van der Waals surface area contributed by atoms with Crippen molar-refractivity contribution in [1.82, 2.24) is 4.98 Å². The molecule has 0 spiro atoms. The van der Waals surface area contributed by atoms with E-state index >= 15 is 0 Å². The Morgan fingerprint density at radius 2 is 1.88 bits per heavy atom. The number of pyridine rings is 1. The molecule has 0 aliphatic heterocycles. The van der Waals surface area contributed by atoms with Crippen LogP contribution in [0.5, 0.6) is 0 Å². The lowest BCUT2D eigenvalue weighted by atomic mass is 10.1. The van der Waals surface area contributed by atoms with Crippen LogP contribution >= 0.6 is 15.9 Å². The van der Waals surface area contributed by atoms with Crippen molar-refractivity contribution in [2.24, 2.45) is 0 Å². The Labute approximate surface area is 106 Å². The summed E-state index contributed by atoms with van der Waals surface area (Å²) in [6, 6.07) is 13.1. The molecular formula is C12H9BrN2O2. The van der Waals surface area contributed by atoms with Gasteiger partial charge in [0.15, 0.2) is 0 Å². The molecule has 2 rings (SSSR count). The van der Waals surface area contributed by atoms with Crippen molar-refractivity contribution >= 4 is 27.7 Å². The average molecular weight is 293 g/mol. The van der Waals surface area contributed by atoms with E-state index in [4.69, 9.17) is 5.11 Å². The highest BCUT2D eigenvalue weighted by Gasteiger charge is 2.06. The minimum Gasteiger partial charge on any atom is -0.465 e. The molecule has 4 nitrogen and oxygen atoms in total. The highest BCUT2D eigenvalue weighted by molar-refractivity contribution is 9.10. The summed E-state index contributed by atoms with van der Waals surface area (Å²) >= 11 is 3.24. The molecule has 2 aromatic rings. The second-order valence-corrected chi connectivity index (χ2v) is 4.08. The zero-order valence-corrected chi connectivity index (χ0v) is 10.3. The topological polar surface area (TPSA) is 62.2 Å². The van der Waals surface area contributed by atoms with E-state index in [9.17, 15) is 4.79 Å². The zero-order valence-electron chi connectivity index (χ0n) is 8.72. The van der Waals surface area contributed by atoms with E-state index < -0.39 is 6.09 Å². The Hall–Kier alpha value is -1.88. The van der Waals surface area contributed by atoms with Crippen LogP contribution in [-0.4, -0.2) is 16.2 Å². The maximum Gasteiger partial charge on any atom is 0.409 e. The lowest BCUT2D eigenvalue weighted by Gasteiger charge is -2.06. The lowest BCUT2D eigenvalue weighted by molar-refractivity contribution is 0.209. The molecule has 0 saturated heterocycles. The molecule has 0 saturated carbocycles. The molecule has 0 atom stereocenters. The van der Waals surface area contributed by atoms with Gasteiger partial charge < -0.3 is 5.11 Å². The molecule has 2 N–H and O–H groups in total. The molecule has 5 heteroatoms. The summed E-state index contributed by atoms with van der Waals surface area (Å²) in [6.07, 6.45) is -1.11. The quantitative estimate of drug-likeness (QED) is 0.832. The predicted molar refractivity (Wildman–Crippen MR) is 69.0 cm³/mol. The van der Waals surface area contributed by atoms with Crippen molar-refractivity contribution < 1.29 is 9.90 Å². The molecule has 1 aromatic heterocycles. The molecule has 1 heterocycles. The Morgan fingerprint density at radius 3 is 2.47 bits per heavy atom. The second kappa shape index (κ2) is 4.97. The van der Waals surface area contributed by atoms with Crippen molar-refractivity contribution in [2.75, 3.05) is 5.32 Å². The first-order valence-corrected chi connectivity index (χ1v) is 5.68. The van der Waals surface area contributed by atoms with E-state index in [0.29, 0.717) is 10.3 Å². The van der Waals surface area contributed by atoms with E-state index in [-0.39, 0.29) is 0 Å². The fourth-order valence-corrected chi connectivity index (χ4v) is 1.83. The van der Waals surface area contributed by atoms with Crippen LogP contribution in [0.3, 0.4) is 0 Å². The number of amides is 1. The molecule has 17 heavy (non-hydrogen) atoms. The third kappa shape index (κ3) is 2.82. The SMILES string of the molecule is O=C(O)Nc1ccc(-c2ccccc2)nc1Br. The maximum atomic E-state index is 10.5. The van der Waals surface area contributed by atoms with Gasteiger partial charge in [-0.1, -0.05) is 30.3 Å². The maximum absolute atomic E-state index is 10.5. The van der Waals surface area contributed by atoms with Crippen molar-refractivity contribution in [3.8, 4) is 11.3 Å². The van der Waals surface area contributed by atoms with Gasteiger partial charge in [0, 0.05) is 5.56 Å². The summed E-state index contributed by atoms with van der Waals surface area (Å²) in [5.41, 5.74) is 2.20. The monoisotopic (exact) mass is 292 g/mol. The first-order valence-electron chi connectivity index (χ1n) is 4.89. The van der Waals surface area contributed by atoms with Gasteiger partial charge in [0.05, 0.1) is 11.4 Å². The molecule has 0 fully saturated rings. The largest absolute Gasteiger partial charge is 0.465 e. The number of anilines is 1. The minimum absolute atomic E-state index is 0.428. The number of aromatic nitrogens is 1. The van der Waals surface area contributed by atoms with Crippen molar-refractivity contribution in [3.05, 3.63) is 47.1 Å².